The lowest BCUT2D eigenvalue weighted by Crippen LogP contribution is -2.32. The highest BCUT2D eigenvalue weighted by atomic mass is 16.5. The van der Waals surface area contributed by atoms with E-state index in [4.69, 9.17) is 10.5 Å². The maximum Gasteiger partial charge on any atom is 0.123 e. The standard InChI is InChI=1S/C17H20N2O/c1-19(15-7-4-5-13(9-15)11-18)12-16-10-14-6-2-3-8-17(14)20-16/h2-9,16H,10-12,18H2,1H3. The zero-order chi connectivity index (χ0) is 13.9. The predicted molar refractivity (Wildman–Crippen MR) is 82.2 cm³/mol. The van der Waals surface area contributed by atoms with Gasteiger partial charge in [-0.3, -0.25) is 0 Å². The second kappa shape index (κ2) is 5.55. The van der Waals surface area contributed by atoms with Gasteiger partial charge in [0.15, 0.2) is 0 Å². The van der Waals surface area contributed by atoms with Crippen LogP contribution in [0.4, 0.5) is 5.69 Å². The first-order valence-electron chi connectivity index (χ1n) is 7.01. The Labute approximate surface area is 120 Å². The van der Waals surface area contributed by atoms with Crippen LogP contribution in [-0.2, 0) is 13.0 Å². The number of hydrogen-bond acceptors (Lipinski definition) is 3. The van der Waals surface area contributed by atoms with Crippen molar-refractivity contribution in [3.8, 4) is 5.75 Å². The number of nitrogens with zero attached hydrogens (tertiary/aromatic N) is 1. The molecule has 0 aliphatic carbocycles. The third-order valence-corrected chi connectivity index (χ3v) is 3.78. The highest BCUT2D eigenvalue weighted by Crippen LogP contribution is 2.29. The summed E-state index contributed by atoms with van der Waals surface area (Å²) in [7, 11) is 2.10. The molecule has 2 N–H and O–H groups in total. The van der Waals surface area contributed by atoms with Crippen molar-refractivity contribution >= 4 is 5.69 Å². The molecule has 1 unspecified atom stereocenters. The van der Waals surface area contributed by atoms with Gasteiger partial charge >= 0.3 is 0 Å². The van der Waals surface area contributed by atoms with E-state index in [1.807, 2.05) is 12.1 Å². The minimum Gasteiger partial charge on any atom is -0.488 e. The number of anilines is 1. The number of fused-ring (bicyclic) bond motifs is 1. The summed E-state index contributed by atoms with van der Waals surface area (Å²) in [6, 6.07) is 16.6. The molecule has 0 bridgehead atoms. The Morgan fingerprint density at radius 3 is 2.85 bits per heavy atom. The SMILES string of the molecule is CN(CC1Cc2ccccc2O1)c1cccc(CN)c1. The molecule has 2 aromatic carbocycles. The fourth-order valence-corrected chi connectivity index (χ4v) is 2.69. The van der Waals surface area contributed by atoms with Gasteiger partial charge in [0, 0.05) is 25.7 Å². The molecule has 0 aromatic heterocycles. The molecular formula is C17H20N2O. The smallest absolute Gasteiger partial charge is 0.123 e. The molecule has 0 saturated carbocycles. The molecule has 104 valence electrons. The molecular weight excluding hydrogens is 248 g/mol. The summed E-state index contributed by atoms with van der Waals surface area (Å²) in [5, 5.41) is 0. The Morgan fingerprint density at radius 1 is 1.20 bits per heavy atom. The van der Waals surface area contributed by atoms with E-state index in [0.717, 1.165) is 24.3 Å². The minimum atomic E-state index is 0.221. The van der Waals surface area contributed by atoms with Gasteiger partial charge in [0.1, 0.15) is 11.9 Å². The van der Waals surface area contributed by atoms with Crippen molar-refractivity contribution in [3.05, 3.63) is 59.7 Å². The van der Waals surface area contributed by atoms with Crippen molar-refractivity contribution in [3.63, 3.8) is 0 Å². The van der Waals surface area contributed by atoms with Crippen LogP contribution in [0.3, 0.4) is 0 Å². The number of ether oxygens (including phenoxy) is 1. The van der Waals surface area contributed by atoms with Crippen LogP contribution in [0.15, 0.2) is 48.5 Å². The monoisotopic (exact) mass is 268 g/mol. The average Bonchev–Trinajstić information content (AvgIpc) is 2.89. The van der Waals surface area contributed by atoms with Gasteiger partial charge in [-0.2, -0.15) is 0 Å². The molecule has 1 aliphatic heterocycles. The summed E-state index contributed by atoms with van der Waals surface area (Å²) < 4.78 is 5.99. The summed E-state index contributed by atoms with van der Waals surface area (Å²) in [5.74, 6) is 1.03. The molecule has 0 spiro atoms. The fourth-order valence-electron chi connectivity index (χ4n) is 2.69. The predicted octanol–water partition coefficient (Wildman–Crippen LogP) is 2.59. The number of hydrogen-bond donors (Lipinski definition) is 1. The third kappa shape index (κ3) is 2.63. The van der Waals surface area contributed by atoms with E-state index >= 15 is 0 Å². The van der Waals surface area contributed by atoms with Crippen LogP contribution in [0.5, 0.6) is 5.75 Å². The number of benzene rings is 2. The fraction of sp³-hybridized carbons (Fsp3) is 0.294. The lowest BCUT2D eigenvalue weighted by molar-refractivity contribution is 0.239. The van der Waals surface area contributed by atoms with E-state index in [9.17, 15) is 0 Å². The van der Waals surface area contributed by atoms with Crippen molar-refractivity contribution in [2.24, 2.45) is 5.73 Å². The Morgan fingerprint density at radius 2 is 2.05 bits per heavy atom. The zero-order valence-electron chi connectivity index (χ0n) is 11.8. The van der Waals surface area contributed by atoms with Crippen molar-refractivity contribution in [2.75, 3.05) is 18.5 Å². The van der Waals surface area contributed by atoms with Gasteiger partial charge in [-0.25, -0.2) is 0 Å². The molecule has 1 aliphatic rings. The average molecular weight is 268 g/mol. The number of nitrogens with two attached hydrogens (primary N) is 1. The summed E-state index contributed by atoms with van der Waals surface area (Å²) in [4.78, 5) is 2.23. The molecule has 1 atom stereocenters. The first-order chi connectivity index (χ1) is 9.76. The molecule has 0 amide bonds. The normalized spacial score (nSPS) is 16.6. The van der Waals surface area contributed by atoms with Crippen molar-refractivity contribution in [1.82, 2.24) is 0 Å². The maximum absolute atomic E-state index is 5.99. The van der Waals surface area contributed by atoms with Crippen LogP contribution in [-0.4, -0.2) is 19.7 Å². The van der Waals surface area contributed by atoms with Crippen LogP contribution >= 0.6 is 0 Å². The highest BCUT2D eigenvalue weighted by Gasteiger charge is 2.23. The summed E-state index contributed by atoms with van der Waals surface area (Å²) >= 11 is 0. The van der Waals surface area contributed by atoms with Gasteiger partial charge in [0.2, 0.25) is 0 Å². The molecule has 20 heavy (non-hydrogen) atoms. The van der Waals surface area contributed by atoms with E-state index < -0.39 is 0 Å². The van der Waals surface area contributed by atoms with Crippen LogP contribution in [0, 0.1) is 0 Å². The van der Waals surface area contributed by atoms with Gasteiger partial charge in [-0.05, 0) is 29.3 Å². The van der Waals surface area contributed by atoms with Gasteiger partial charge < -0.3 is 15.4 Å². The second-order valence-corrected chi connectivity index (χ2v) is 5.31. The van der Waals surface area contributed by atoms with Gasteiger partial charge in [0.25, 0.3) is 0 Å². The van der Waals surface area contributed by atoms with Crippen LogP contribution < -0.4 is 15.4 Å². The molecule has 2 aromatic rings. The molecule has 3 rings (SSSR count). The molecule has 0 fully saturated rings. The van der Waals surface area contributed by atoms with Crippen molar-refractivity contribution < 1.29 is 4.74 Å². The first kappa shape index (κ1) is 13.0. The topological polar surface area (TPSA) is 38.5 Å². The molecule has 0 radical (unpaired) electrons. The Balaban J connectivity index is 1.67. The maximum atomic E-state index is 5.99. The van der Waals surface area contributed by atoms with Gasteiger partial charge in [0.05, 0.1) is 6.54 Å². The van der Waals surface area contributed by atoms with Gasteiger partial charge in [-0.1, -0.05) is 30.3 Å². The van der Waals surface area contributed by atoms with Crippen LogP contribution in [0.25, 0.3) is 0 Å². The van der Waals surface area contributed by atoms with E-state index in [1.54, 1.807) is 0 Å². The summed E-state index contributed by atoms with van der Waals surface area (Å²) in [6.45, 7) is 1.45. The van der Waals surface area contributed by atoms with Crippen molar-refractivity contribution in [2.45, 2.75) is 19.1 Å². The number of likely N-dealkylation sites (N-methyl/N-ethyl adjacent to an activating group) is 1. The van der Waals surface area contributed by atoms with Crippen LogP contribution in [0.2, 0.25) is 0 Å². The number of para-hydroxylation sites is 1. The summed E-state index contributed by atoms with van der Waals surface area (Å²) in [5.41, 5.74) is 9.35. The quantitative estimate of drug-likeness (QED) is 0.926. The Kier molecular flexibility index (Phi) is 3.61. The first-order valence-corrected chi connectivity index (χ1v) is 7.01. The van der Waals surface area contributed by atoms with E-state index in [0.29, 0.717) is 6.54 Å². The lowest BCUT2D eigenvalue weighted by atomic mass is 10.1. The molecule has 3 heteroatoms. The summed E-state index contributed by atoms with van der Waals surface area (Å²) in [6.07, 6.45) is 1.20. The Bertz CT molecular complexity index is 572. The Hall–Kier alpha value is -2.00. The second-order valence-electron chi connectivity index (χ2n) is 5.31. The molecule has 0 saturated heterocycles. The molecule has 1 heterocycles. The van der Waals surface area contributed by atoms with Gasteiger partial charge in [-0.15, -0.1) is 0 Å². The third-order valence-electron chi connectivity index (χ3n) is 3.78. The van der Waals surface area contributed by atoms with E-state index in [-0.39, 0.29) is 6.10 Å². The largest absolute Gasteiger partial charge is 0.488 e. The van der Waals surface area contributed by atoms with Crippen molar-refractivity contribution in [1.29, 1.82) is 0 Å². The highest BCUT2D eigenvalue weighted by molar-refractivity contribution is 5.48. The molecule has 3 nitrogen and oxygen atoms in total. The van der Waals surface area contributed by atoms with E-state index in [1.165, 1.54) is 11.3 Å². The van der Waals surface area contributed by atoms with E-state index in [2.05, 4.69) is 48.3 Å². The lowest BCUT2D eigenvalue weighted by Gasteiger charge is -2.23. The zero-order valence-corrected chi connectivity index (χ0v) is 11.8. The minimum absolute atomic E-state index is 0.221. The number of rotatable bonds is 4. The van der Waals surface area contributed by atoms with Crippen LogP contribution in [0.1, 0.15) is 11.1 Å².